The number of allylic oxidation sites excluding steroid dienone is 4. The van der Waals surface area contributed by atoms with Crippen LogP contribution in [0.25, 0.3) is 0 Å². The van der Waals surface area contributed by atoms with E-state index in [2.05, 4.69) is 45.2 Å². The van der Waals surface area contributed by atoms with E-state index < -0.39 is 70.4 Å². The average Bonchev–Trinajstić information content (AvgIpc) is 3.27. The molecule has 0 radical (unpaired) electrons. The van der Waals surface area contributed by atoms with Crippen LogP contribution in [0.3, 0.4) is 0 Å². The molecular formula is C37H39FI3NO8. The van der Waals surface area contributed by atoms with Gasteiger partial charge in [0.1, 0.15) is 24.1 Å². The predicted molar refractivity (Wildman–Crippen MR) is 208 cm³/mol. The predicted octanol–water partition coefficient (Wildman–Crippen LogP) is 6.33. The number of hydrogen-bond donors (Lipinski definition) is 4. The van der Waals surface area contributed by atoms with Gasteiger partial charge in [0.15, 0.2) is 22.8 Å². The third-order valence-electron chi connectivity index (χ3n) is 12.0. The number of ketones is 2. The van der Waals surface area contributed by atoms with Gasteiger partial charge in [-0.05, 0) is 161 Å². The Labute approximate surface area is 331 Å². The maximum atomic E-state index is 17.7. The van der Waals surface area contributed by atoms with Crippen LogP contribution in [-0.4, -0.2) is 62.9 Å². The average molecular weight is 1030 g/mol. The lowest BCUT2D eigenvalue weighted by Crippen LogP contribution is -2.70. The number of Topliss-reactive ketones (excluding diaryl/α,β-unsaturated/α-hetero) is 1. The number of carbonyl (C=O) groups excluding carboxylic acids is 3. The second-order valence-electron chi connectivity index (χ2n) is 14.6. The number of hydrogen-bond acceptors (Lipinski definition) is 9. The van der Waals surface area contributed by atoms with Gasteiger partial charge in [0.2, 0.25) is 5.78 Å². The molecule has 0 bridgehead atoms. The Bertz CT molecular complexity index is 1810. The smallest absolute Gasteiger partial charge is 0.324 e. The van der Waals surface area contributed by atoms with Gasteiger partial charge in [-0.15, -0.1) is 0 Å². The van der Waals surface area contributed by atoms with Crippen LogP contribution in [0.15, 0.2) is 54.1 Å². The van der Waals surface area contributed by atoms with Crippen molar-refractivity contribution in [1.82, 2.24) is 0 Å². The highest BCUT2D eigenvalue weighted by molar-refractivity contribution is 14.1. The molecule has 3 fully saturated rings. The number of halogens is 4. The fourth-order valence-corrected chi connectivity index (χ4v) is 12.2. The van der Waals surface area contributed by atoms with Crippen LogP contribution < -0.4 is 10.5 Å². The molecule has 0 aromatic heterocycles. The van der Waals surface area contributed by atoms with Crippen LogP contribution in [0.5, 0.6) is 17.2 Å². The van der Waals surface area contributed by atoms with Crippen molar-refractivity contribution in [3.8, 4) is 17.2 Å². The van der Waals surface area contributed by atoms with Gasteiger partial charge in [0, 0.05) is 22.7 Å². The topological polar surface area (TPSA) is 156 Å². The summed E-state index contributed by atoms with van der Waals surface area (Å²) in [6.45, 7) is 4.36. The van der Waals surface area contributed by atoms with Crippen LogP contribution in [0.2, 0.25) is 0 Å². The van der Waals surface area contributed by atoms with E-state index in [9.17, 15) is 29.7 Å². The third-order valence-corrected chi connectivity index (χ3v) is 14.4. The van der Waals surface area contributed by atoms with Crippen LogP contribution >= 0.6 is 67.8 Å². The first-order valence-corrected chi connectivity index (χ1v) is 19.7. The molecule has 9 nitrogen and oxygen atoms in total. The number of aliphatic hydroxyl groups is 2. The van der Waals surface area contributed by atoms with Crippen molar-refractivity contribution in [1.29, 1.82) is 0 Å². The first-order chi connectivity index (χ1) is 23.4. The summed E-state index contributed by atoms with van der Waals surface area (Å²) in [5, 5.41) is 31.9. The van der Waals surface area contributed by atoms with E-state index in [1.54, 1.807) is 45.0 Å². The van der Waals surface area contributed by atoms with Crippen molar-refractivity contribution in [3.05, 3.63) is 70.4 Å². The molecule has 6 rings (SSSR count). The lowest BCUT2D eigenvalue weighted by molar-refractivity contribution is -0.228. The molecule has 0 unspecified atom stereocenters. The van der Waals surface area contributed by atoms with E-state index in [1.807, 2.05) is 34.7 Å². The largest absolute Gasteiger partial charge is 0.507 e. The normalized spacial score (nSPS) is 35.0. The van der Waals surface area contributed by atoms with Crippen molar-refractivity contribution in [2.45, 2.75) is 76.3 Å². The van der Waals surface area contributed by atoms with Gasteiger partial charge >= 0.3 is 5.97 Å². The van der Waals surface area contributed by atoms with Gasteiger partial charge in [-0.1, -0.05) is 25.5 Å². The number of ether oxygens (including phenoxy) is 2. The molecule has 4 aliphatic rings. The fourth-order valence-electron chi connectivity index (χ4n) is 9.58. The summed E-state index contributed by atoms with van der Waals surface area (Å²) >= 11 is 6.30. The Morgan fingerprint density at radius 2 is 1.78 bits per heavy atom. The SMILES string of the molecule is C[C@@H]1C[C@H]2[C@@H]3CCC4=CC(=O)C=C[C@]4(C)[C@@]3(F)[C@@H](O)C[C@]2(C)[C@@]1(OC(=O)[C@@H](N)Cc1cc(I)c(Oc2ccc(O)c(I)c2)c(I)c1)C(=O)CO. The highest BCUT2D eigenvalue weighted by Gasteiger charge is 2.77. The Morgan fingerprint density at radius 1 is 1.10 bits per heavy atom. The van der Waals surface area contributed by atoms with E-state index in [1.165, 1.54) is 12.2 Å². The van der Waals surface area contributed by atoms with Crippen molar-refractivity contribution in [2.75, 3.05) is 6.61 Å². The number of phenolic OH excluding ortho intramolecular Hbond substituents is 1. The number of aliphatic hydroxyl groups excluding tert-OH is 2. The number of nitrogens with two attached hydrogens (primary N) is 1. The fraction of sp³-hybridized carbons (Fsp3) is 0.486. The molecule has 0 aliphatic heterocycles. The first kappa shape index (κ1) is 38.1. The number of fused-ring (bicyclic) bond motifs is 5. The summed E-state index contributed by atoms with van der Waals surface area (Å²) in [6, 6.07) is 7.46. The van der Waals surface area contributed by atoms with Gasteiger partial charge < -0.3 is 30.5 Å². The highest BCUT2D eigenvalue weighted by atomic mass is 127. The second-order valence-corrected chi connectivity index (χ2v) is 18.0. The highest BCUT2D eigenvalue weighted by Crippen LogP contribution is 2.71. The van der Waals surface area contributed by atoms with Crippen LogP contribution in [0.4, 0.5) is 4.39 Å². The van der Waals surface area contributed by atoms with Gasteiger partial charge in [-0.2, -0.15) is 0 Å². The number of benzene rings is 2. The van der Waals surface area contributed by atoms with Crippen LogP contribution in [-0.2, 0) is 25.5 Å². The molecule has 9 atom stereocenters. The zero-order chi connectivity index (χ0) is 36.6. The minimum absolute atomic E-state index is 0.0809. The van der Waals surface area contributed by atoms with E-state index in [0.29, 0.717) is 39.9 Å². The molecule has 0 spiro atoms. The molecule has 2 aromatic carbocycles. The van der Waals surface area contributed by atoms with E-state index in [0.717, 1.165) is 12.7 Å². The van der Waals surface area contributed by atoms with Gasteiger partial charge in [-0.3, -0.25) is 14.4 Å². The molecular weight excluding hydrogens is 986 g/mol. The van der Waals surface area contributed by atoms with Crippen LogP contribution in [0.1, 0.15) is 52.0 Å². The van der Waals surface area contributed by atoms with Gasteiger partial charge in [-0.25, -0.2) is 4.39 Å². The maximum absolute atomic E-state index is 17.7. The van der Waals surface area contributed by atoms with Gasteiger partial charge in [0.05, 0.1) is 16.8 Å². The van der Waals surface area contributed by atoms with Crippen molar-refractivity contribution < 1.29 is 43.6 Å². The Hall–Kier alpha value is -1.67. The minimum Gasteiger partial charge on any atom is -0.507 e. The summed E-state index contributed by atoms with van der Waals surface area (Å²) in [7, 11) is 0. The lowest BCUT2D eigenvalue weighted by atomic mass is 9.44. The monoisotopic (exact) mass is 1020 g/mol. The van der Waals surface area contributed by atoms with Crippen LogP contribution in [0, 0.1) is 39.3 Å². The molecule has 0 saturated heterocycles. The molecule has 0 amide bonds. The van der Waals surface area contributed by atoms with Crippen molar-refractivity contribution >= 4 is 85.3 Å². The summed E-state index contributed by atoms with van der Waals surface area (Å²) in [5.41, 5.74) is 1.46. The zero-order valence-electron chi connectivity index (χ0n) is 27.7. The molecule has 50 heavy (non-hydrogen) atoms. The minimum atomic E-state index is -2.12. The van der Waals surface area contributed by atoms with Crippen molar-refractivity contribution in [2.24, 2.45) is 34.3 Å². The van der Waals surface area contributed by atoms with E-state index in [-0.39, 0.29) is 24.4 Å². The lowest BCUT2D eigenvalue weighted by Gasteiger charge is -2.62. The molecule has 0 heterocycles. The first-order valence-electron chi connectivity index (χ1n) is 16.5. The molecule has 2 aromatic rings. The Balaban J connectivity index is 1.27. The van der Waals surface area contributed by atoms with Crippen molar-refractivity contribution in [3.63, 3.8) is 0 Å². The number of esters is 1. The third kappa shape index (κ3) is 5.78. The molecule has 4 aliphatic carbocycles. The van der Waals surface area contributed by atoms with Gasteiger partial charge in [0.25, 0.3) is 0 Å². The van der Waals surface area contributed by atoms with E-state index >= 15 is 4.39 Å². The maximum Gasteiger partial charge on any atom is 0.324 e. The Kier molecular flexibility index (Phi) is 10.4. The molecule has 3 saturated carbocycles. The summed E-state index contributed by atoms with van der Waals surface area (Å²) < 4.78 is 32.2. The molecule has 5 N–H and O–H groups in total. The summed E-state index contributed by atoms with van der Waals surface area (Å²) in [4.78, 5) is 40.0. The number of rotatable bonds is 8. The molecule has 13 heteroatoms. The Morgan fingerprint density at radius 3 is 2.42 bits per heavy atom. The van der Waals surface area contributed by atoms with E-state index in [4.69, 9.17) is 15.2 Å². The number of aromatic hydroxyl groups is 1. The number of carbonyl (C=O) groups is 3. The second kappa shape index (κ2) is 13.6. The summed E-state index contributed by atoms with van der Waals surface area (Å²) in [6.07, 6.45) is 3.89. The quantitative estimate of drug-likeness (QED) is 0.176. The number of phenols is 1. The molecule has 268 valence electrons. The summed E-state index contributed by atoms with van der Waals surface area (Å²) in [5.74, 6) is -2.20. The standard InChI is InChI=1S/C37H39FI3NO8/c1-18-10-24-23-6-4-20-14-21(44)8-9-34(20,2)36(23,38)30(46)16-35(24,3)37(18,31(47)17-43)50-33(48)28(42)13-19-11-26(40)32(27(41)12-19)49-22-5-7-29(45)25(39)15-22/h5,7-9,11-12,14-15,18,23-24,28,30,43,45-46H,4,6,10,13,16-17,42H2,1-3H3/t18-,23+,24+,28+,30+,34+,35+,36+,37+/m1/s1. The zero-order valence-corrected chi connectivity index (χ0v) is 34.2. The number of alkyl halides is 1.